The van der Waals surface area contributed by atoms with Crippen LogP contribution < -0.4 is 14.8 Å². The zero-order valence-corrected chi connectivity index (χ0v) is 13.6. The highest BCUT2D eigenvalue weighted by Gasteiger charge is 2.29. The van der Waals surface area contributed by atoms with Crippen molar-refractivity contribution in [1.82, 2.24) is 10.0 Å². The molecule has 0 bridgehead atoms. The predicted molar refractivity (Wildman–Crippen MR) is 83.1 cm³/mol. The second-order valence-corrected chi connectivity index (χ2v) is 6.44. The Hall–Kier alpha value is -1.42. The molecule has 1 saturated heterocycles. The average Bonchev–Trinajstić information content (AvgIpc) is 2.47. The molecule has 1 unspecified atom stereocenters. The number of rotatable bonds is 5. The molecule has 1 aliphatic rings. The van der Waals surface area contributed by atoms with Crippen LogP contribution in [0.15, 0.2) is 23.1 Å². The third kappa shape index (κ3) is 4.29. The third-order valence-corrected chi connectivity index (χ3v) is 4.84. The summed E-state index contributed by atoms with van der Waals surface area (Å²) in [5, 5.41) is 14.2. The van der Waals surface area contributed by atoms with Gasteiger partial charge in [-0.05, 0) is 31.5 Å². The number of nitro benzene ring substituents is 1. The lowest BCUT2D eigenvalue weighted by atomic mass is 10.1. The van der Waals surface area contributed by atoms with Crippen LogP contribution in [0.1, 0.15) is 12.8 Å². The summed E-state index contributed by atoms with van der Waals surface area (Å²) in [5.41, 5.74) is -0.495. The smallest absolute Gasteiger partial charge is 0.293 e. The topological polar surface area (TPSA) is 111 Å². The number of nitrogens with one attached hydrogen (secondary N) is 2. The molecule has 0 amide bonds. The Morgan fingerprint density at radius 1 is 1.45 bits per heavy atom. The first-order valence-corrected chi connectivity index (χ1v) is 7.98. The highest BCUT2D eigenvalue weighted by Crippen LogP contribution is 2.28. The van der Waals surface area contributed by atoms with Gasteiger partial charge < -0.3 is 10.1 Å². The molecular weight excluding hydrogens is 334 g/mol. The molecule has 0 radical (unpaired) electrons. The summed E-state index contributed by atoms with van der Waals surface area (Å²) in [6.45, 7) is 1.37. The molecule has 10 heteroatoms. The number of methoxy groups -OCH3 is 1. The zero-order valence-electron chi connectivity index (χ0n) is 11.9. The van der Waals surface area contributed by atoms with Gasteiger partial charge in [-0.3, -0.25) is 10.1 Å². The van der Waals surface area contributed by atoms with Gasteiger partial charge in [0, 0.05) is 12.6 Å². The van der Waals surface area contributed by atoms with Crippen LogP contribution in [-0.2, 0) is 10.0 Å². The lowest BCUT2D eigenvalue weighted by Crippen LogP contribution is -2.45. The van der Waals surface area contributed by atoms with E-state index in [-0.39, 0.29) is 29.1 Å². The standard InChI is InChI=1S/C12H17N3O5S.ClH/c1-20-10-4-5-12(11(7-10)15(16)17)21(18,19)14-9-3-2-6-13-8-9;/h4-5,7,9,13-14H,2-3,6,8H2,1H3;1H. The Balaban J connectivity index is 0.00000242. The lowest BCUT2D eigenvalue weighted by molar-refractivity contribution is -0.387. The van der Waals surface area contributed by atoms with Crippen LogP contribution in [0, 0.1) is 10.1 Å². The summed E-state index contributed by atoms with van der Waals surface area (Å²) in [7, 11) is -2.59. The van der Waals surface area contributed by atoms with Gasteiger partial charge >= 0.3 is 0 Å². The molecule has 1 aliphatic heterocycles. The Morgan fingerprint density at radius 3 is 2.73 bits per heavy atom. The van der Waals surface area contributed by atoms with E-state index in [4.69, 9.17) is 4.74 Å². The van der Waals surface area contributed by atoms with Crippen molar-refractivity contribution < 1.29 is 18.1 Å². The number of piperidine rings is 1. The summed E-state index contributed by atoms with van der Waals surface area (Å²) in [6, 6.07) is 3.43. The van der Waals surface area contributed by atoms with Crippen molar-refractivity contribution in [3.8, 4) is 5.75 Å². The molecule has 1 aromatic carbocycles. The van der Waals surface area contributed by atoms with Crippen LogP contribution in [0.2, 0.25) is 0 Å². The molecule has 1 atom stereocenters. The molecular formula is C12H18ClN3O5S. The quantitative estimate of drug-likeness (QED) is 0.606. The molecule has 8 nitrogen and oxygen atoms in total. The first-order valence-electron chi connectivity index (χ1n) is 6.49. The van der Waals surface area contributed by atoms with Crippen molar-refractivity contribution in [3.05, 3.63) is 28.3 Å². The number of halogens is 1. The molecule has 1 heterocycles. The van der Waals surface area contributed by atoms with E-state index in [1.54, 1.807) is 0 Å². The van der Waals surface area contributed by atoms with E-state index in [1.807, 2.05) is 0 Å². The molecule has 124 valence electrons. The van der Waals surface area contributed by atoms with Crippen molar-refractivity contribution in [2.24, 2.45) is 0 Å². The van der Waals surface area contributed by atoms with Crippen LogP contribution in [0.4, 0.5) is 5.69 Å². The average molecular weight is 352 g/mol. The van der Waals surface area contributed by atoms with Gasteiger partial charge in [-0.25, -0.2) is 13.1 Å². The number of hydrogen-bond donors (Lipinski definition) is 2. The zero-order chi connectivity index (χ0) is 15.5. The predicted octanol–water partition coefficient (Wildman–Crippen LogP) is 1.06. The number of hydrogen-bond acceptors (Lipinski definition) is 6. The summed E-state index contributed by atoms with van der Waals surface area (Å²) < 4.78 is 32.1. The van der Waals surface area contributed by atoms with Crippen LogP contribution in [0.25, 0.3) is 0 Å². The van der Waals surface area contributed by atoms with E-state index in [0.717, 1.165) is 19.0 Å². The summed E-state index contributed by atoms with van der Waals surface area (Å²) in [4.78, 5) is 10.00. The third-order valence-electron chi connectivity index (χ3n) is 3.27. The monoisotopic (exact) mass is 351 g/mol. The second kappa shape index (κ2) is 7.73. The van der Waals surface area contributed by atoms with Crippen molar-refractivity contribution >= 4 is 28.1 Å². The molecule has 2 N–H and O–H groups in total. The number of sulfonamides is 1. The molecule has 0 spiro atoms. The van der Waals surface area contributed by atoms with Gasteiger partial charge in [0.25, 0.3) is 5.69 Å². The maximum absolute atomic E-state index is 12.3. The minimum Gasteiger partial charge on any atom is -0.497 e. The first kappa shape index (κ1) is 18.6. The Bertz CT molecular complexity index is 632. The maximum Gasteiger partial charge on any atom is 0.293 e. The van der Waals surface area contributed by atoms with Gasteiger partial charge in [0.1, 0.15) is 5.75 Å². The maximum atomic E-state index is 12.3. The normalized spacial score (nSPS) is 18.3. The van der Waals surface area contributed by atoms with E-state index in [2.05, 4.69) is 10.0 Å². The van der Waals surface area contributed by atoms with E-state index < -0.39 is 20.6 Å². The van der Waals surface area contributed by atoms with Gasteiger partial charge in [-0.2, -0.15) is 0 Å². The van der Waals surface area contributed by atoms with Crippen LogP contribution in [-0.4, -0.2) is 39.6 Å². The highest BCUT2D eigenvalue weighted by atomic mass is 35.5. The molecule has 22 heavy (non-hydrogen) atoms. The van der Waals surface area contributed by atoms with Gasteiger partial charge in [-0.1, -0.05) is 0 Å². The molecule has 0 aromatic heterocycles. The van der Waals surface area contributed by atoms with E-state index >= 15 is 0 Å². The Labute approximate surface area is 134 Å². The van der Waals surface area contributed by atoms with Crippen molar-refractivity contribution in [2.45, 2.75) is 23.8 Å². The van der Waals surface area contributed by atoms with Gasteiger partial charge in [0.15, 0.2) is 4.90 Å². The number of benzene rings is 1. The minimum absolute atomic E-state index is 0. The number of ether oxygens (including phenoxy) is 1. The number of nitrogens with zero attached hydrogens (tertiary/aromatic N) is 1. The Kier molecular flexibility index (Phi) is 6.54. The van der Waals surface area contributed by atoms with E-state index in [9.17, 15) is 18.5 Å². The van der Waals surface area contributed by atoms with Crippen molar-refractivity contribution in [1.29, 1.82) is 0 Å². The van der Waals surface area contributed by atoms with Crippen molar-refractivity contribution in [2.75, 3.05) is 20.2 Å². The lowest BCUT2D eigenvalue weighted by Gasteiger charge is -2.23. The number of nitro groups is 1. The SMILES string of the molecule is COc1ccc(S(=O)(=O)NC2CCCNC2)c([N+](=O)[O-])c1.Cl. The fourth-order valence-electron chi connectivity index (χ4n) is 2.23. The molecule has 1 aromatic rings. The fourth-order valence-corrected chi connectivity index (χ4v) is 3.65. The minimum atomic E-state index is -3.95. The molecule has 0 saturated carbocycles. The highest BCUT2D eigenvalue weighted by molar-refractivity contribution is 7.89. The summed E-state index contributed by atoms with van der Waals surface area (Å²) in [5.74, 6) is 0.236. The van der Waals surface area contributed by atoms with Gasteiger partial charge in [-0.15, -0.1) is 12.4 Å². The largest absolute Gasteiger partial charge is 0.497 e. The van der Waals surface area contributed by atoms with Crippen LogP contribution in [0.3, 0.4) is 0 Å². The van der Waals surface area contributed by atoms with Gasteiger partial charge in [0.05, 0.1) is 18.1 Å². The van der Waals surface area contributed by atoms with Crippen LogP contribution in [0.5, 0.6) is 5.75 Å². The van der Waals surface area contributed by atoms with Crippen LogP contribution >= 0.6 is 12.4 Å². The second-order valence-electron chi connectivity index (χ2n) is 4.76. The molecule has 0 aliphatic carbocycles. The van der Waals surface area contributed by atoms with E-state index in [0.29, 0.717) is 13.0 Å². The Morgan fingerprint density at radius 2 is 2.18 bits per heavy atom. The fraction of sp³-hybridized carbons (Fsp3) is 0.500. The van der Waals surface area contributed by atoms with Gasteiger partial charge in [0.2, 0.25) is 10.0 Å². The van der Waals surface area contributed by atoms with Crippen molar-refractivity contribution in [3.63, 3.8) is 0 Å². The summed E-state index contributed by atoms with van der Waals surface area (Å²) in [6.07, 6.45) is 1.56. The molecule has 1 fully saturated rings. The van der Waals surface area contributed by atoms with E-state index in [1.165, 1.54) is 19.2 Å². The summed E-state index contributed by atoms with van der Waals surface area (Å²) >= 11 is 0. The first-order chi connectivity index (χ1) is 9.94. The molecule has 2 rings (SSSR count).